The van der Waals surface area contributed by atoms with Crippen LogP contribution in [0.15, 0.2) is 66.4 Å². The van der Waals surface area contributed by atoms with Crippen molar-refractivity contribution in [3.05, 3.63) is 100.0 Å². The molecule has 1 amide bonds. The van der Waals surface area contributed by atoms with Crippen LogP contribution in [0.5, 0.6) is 0 Å². The summed E-state index contributed by atoms with van der Waals surface area (Å²) in [6, 6.07) is 6.14. The van der Waals surface area contributed by atoms with Crippen LogP contribution in [0.2, 0.25) is 5.02 Å². The van der Waals surface area contributed by atoms with Crippen LogP contribution in [-0.2, 0) is 37.6 Å². The predicted molar refractivity (Wildman–Crippen MR) is 228 cm³/mol. The third-order valence-corrected chi connectivity index (χ3v) is 14.9. The fourth-order valence-electron chi connectivity index (χ4n) is 7.04. The summed E-state index contributed by atoms with van der Waals surface area (Å²) in [6.45, 7) is 3.83. The second-order valence-corrected chi connectivity index (χ2v) is 20.9. The van der Waals surface area contributed by atoms with Crippen molar-refractivity contribution in [1.29, 1.82) is 5.41 Å². The molecule has 23 heteroatoms. The van der Waals surface area contributed by atoms with Gasteiger partial charge in [0.25, 0.3) is 18.8 Å². The molecule has 2 aliphatic carbocycles. The summed E-state index contributed by atoms with van der Waals surface area (Å²) < 4.78 is 169. The van der Waals surface area contributed by atoms with Crippen molar-refractivity contribution in [2.75, 3.05) is 17.5 Å². The van der Waals surface area contributed by atoms with Crippen molar-refractivity contribution in [3.8, 4) is 23.0 Å². The Bertz CT molecular complexity index is 2890. The van der Waals surface area contributed by atoms with E-state index in [0.717, 1.165) is 29.1 Å². The zero-order valence-electron chi connectivity index (χ0n) is 34.6. The van der Waals surface area contributed by atoms with Gasteiger partial charge in [0.2, 0.25) is 15.9 Å². The maximum Gasteiger partial charge on any atom is 0.294 e. The molecule has 348 valence electrons. The number of sulfonamides is 1. The summed E-state index contributed by atoms with van der Waals surface area (Å²) in [6.07, 6.45) is -5.27. The van der Waals surface area contributed by atoms with Gasteiger partial charge in [0.15, 0.2) is 15.7 Å². The highest BCUT2D eigenvalue weighted by molar-refractivity contribution is 7.93. The molecule has 4 aromatic rings. The average Bonchev–Trinajstić information content (AvgIpc) is 3.96. The average molecular weight is 974 g/mol. The van der Waals surface area contributed by atoms with Crippen LogP contribution in [0.1, 0.15) is 56.1 Å². The second-order valence-electron chi connectivity index (χ2n) is 15.9. The Morgan fingerprint density at radius 1 is 1.06 bits per heavy atom. The minimum absolute atomic E-state index is 0.00272. The van der Waals surface area contributed by atoms with E-state index >= 15 is 8.78 Å². The molecule has 2 atom stereocenters. The first kappa shape index (κ1) is 48.9. The summed E-state index contributed by atoms with van der Waals surface area (Å²) >= 11 is 6.61. The van der Waals surface area contributed by atoms with Crippen molar-refractivity contribution in [3.63, 3.8) is 0 Å². The van der Waals surface area contributed by atoms with E-state index in [1.54, 1.807) is 0 Å². The van der Waals surface area contributed by atoms with Crippen LogP contribution in [0.3, 0.4) is 0 Å². The predicted octanol–water partition coefficient (Wildman–Crippen LogP) is 7.74. The second kappa shape index (κ2) is 18.4. The number of hydrogen-bond acceptors (Lipinski definition) is 9. The molecule has 65 heavy (non-hydrogen) atoms. The van der Waals surface area contributed by atoms with Crippen LogP contribution in [0.4, 0.5) is 40.9 Å². The molecule has 0 bridgehead atoms. The lowest BCUT2D eigenvalue weighted by molar-refractivity contribution is -0.121. The molecule has 0 aliphatic heterocycles. The molecule has 0 unspecified atom stereocenters. The van der Waals surface area contributed by atoms with Crippen LogP contribution < -0.4 is 15.4 Å². The van der Waals surface area contributed by atoms with Crippen LogP contribution in [-0.4, -0.2) is 84.8 Å². The minimum atomic E-state index is -4.05. The number of hydrogen-bond donors (Lipinski definition) is 4. The Morgan fingerprint density at radius 2 is 1.71 bits per heavy atom. The standard InChI is InChI=1S/C42H40ClF8N7O5S2/c1-5-22-17-29(35(52)39(48)49)38(42(22,50)51)53-19-33(59)55-31(16-21-14-23(44)18-24(45)15-21)36-27(9-6-25(54-36)12-13-41(2,3)64(4,60)61)28-10-11-30(43)34-37(28)58(20-32(46)47)56-40(34)57-65(62,63)26-7-8-26/h5-6,9-11,14-15,18,22,26,31-32,39,52-53H,1,7-8,16-17,19-20H2,2-4H3,(H,55,59)(H,56,57)/t22-,31+/m1/s1. The molecule has 0 radical (unpaired) electrons. The van der Waals surface area contributed by atoms with Crippen molar-refractivity contribution in [2.45, 2.75) is 80.9 Å². The largest absolute Gasteiger partial charge is 0.374 e. The number of allylic oxidation sites excluding steroid dienone is 3. The number of carbonyl (C=O) groups excluding carboxylic acids is 1. The van der Waals surface area contributed by atoms with E-state index in [2.05, 4.69) is 43.9 Å². The SMILES string of the molecule is C=C[C@@H]1CC(C(=N)C(F)F)=C(NCC(=O)N[C@@H](Cc2cc(F)cc(F)c2)c2nc(C#CC(C)(C)S(C)(=O)=O)ccc2-c2ccc(Cl)c3c(NS(=O)(=O)C4CC4)nn(CC(F)F)c23)C1(F)F. The number of alkyl halides is 6. The van der Waals surface area contributed by atoms with Gasteiger partial charge in [-0.05, 0) is 81.3 Å². The first-order chi connectivity index (χ1) is 30.2. The van der Waals surface area contributed by atoms with Gasteiger partial charge < -0.3 is 10.6 Å². The van der Waals surface area contributed by atoms with Gasteiger partial charge in [-0.2, -0.15) is 13.9 Å². The number of aromatic nitrogens is 3. The fraction of sp³-hybridized carbons (Fsp3) is 0.381. The topological polar surface area (TPSA) is 176 Å². The van der Waals surface area contributed by atoms with Crippen molar-refractivity contribution in [2.24, 2.45) is 5.92 Å². The van der Waals surface area contributed by atoms with Gasteiger partial charge in [-0.25, -0.2) is 48.2 Å². The number of nitrogens with zero attached hydrogens (tertiary/aromatic N) is 3. The molecule has 1 saturated carbocycles. The maximum atomic E-state index is 15.5. The maximum absolute atomic E-state index is 15.5. The first-order valence-electron chi connectivity index (χ1n) is 19.6. The van der Waals surface area contributed by atoms with Gasteiger partial charge in [0.05, 0.1) is 51.1 Å². The van der Waals surface area contributed by atoms with E-state index in [4.69, 9.17) is 17.0 Å². The Kier molecular flexibility index (Phi) is 13.8. The highest BCUT2D eigenvalue weighted by Crippen LogP contribution is 2.45. The lowest BCUT2D eigenvalue weighted by Crippen LogP contribution is -2.41. The number of anilines is 1. The quantitative estimate of drug-likeness (QED) is 0.0360. The van der Waals surface area contributed by atoms with E-state index in [9.17, 15) is 48.0 Å². The number of sulfone groups is 1. The minimum Gasteiger partial charge on any atom is -0.374 e. The number of nitrogens with one attached hydrogen (secondary N) is 4. The van der Waals surface area contributed by atoms with E-state index in [-0.39, 0.29) is 49.8 Å². The molecule has 2 heterocycles. The van der Waals surface area contributed by atoms with Crippen LogP contribution in [0, 0.1) is 34.8 Å². The van der Waals surface area contributed by atoms with Crippen LogP contribution in [0.25, 0.3) is 22.0 Å². The van der Waals surface area contributed by atoms with Crippen molar-refractivity contribution in [1.82, 2.24) is 25.4 Å². The number of fused-ring (bicyclic) bond motifs is 1. The van der Waals surface area contributed by atoms with E-state index in [1.807, 2.05) is 0 Å². The molecule has 12 nitrogen and oxygen atoms in total. The first-order valence-corrected chi connectivity index (χ1v) is 23.4. The Labute approximate surface area is 373 Å². The summed E-state index contributed by atoms with van der Waals surface area (Å²) in [4.78, 5) is 18.5. The number of rotatable bonds is 17. The zero-order valence-corrected chi connectivity index (χ0v) is 36.9. The lowest BCUT2D eigenvalue weighted by Gasteiger charge is -2.24. The normalized spacial score (nSPS) is 17.0. The third kappa shape index (κ3) is 10.6. The number of benzene rings is 2. The molecule has 6 rings (SSSR count). The summed E-state index contributed by atoms with van der Waals surface area (Å²) in [5.74, 6) is -3.90. The number of pyridine rings is 1. The molecule has 1 fully saturated rings. The Balaban J connectivity index is 1.55. The Morgan fingerprint density at radius 3 is 2.29 bits per heavy atom. The van der Waals surface area contributed by atoms with E-state index in [1.165, 1.54) is 38.1 Å². The monoisotopic (exact) mass is 973 g/mol. The summed E-state index contributed by atoms with van der Waals surface area (Å²) in [5, 5.41) is 15.7. The van der Waals surface area contributed by atoms with Gasteiger partial charge in [0.1, 0.15) is 34.3 Å². The van der Waals surface area contributed by atoms with Gasteiger partial charge in [-0.15, -0.1) is 6.58 Å². The third-order valence-electron chi connectivity index (χ3n) is 10.8. The summed E-state index contributed by atoms with van der Waals surface area (Å²) in [5.41, 5.74) is -3.92. The smallest absolute Gasteiger partial charge is 0.294 e. The molecule has 2 aromatic carbocycles. The highest BCUT2D eigenvalue weighted by Gasteiger charge is 2.51. The Hall–Kier alpha value is -5.53. The molecular weight excluding hydrogens is 934 g/mol. The number of carbonyl (C=O) groups is 1. The van der Waals surface area contributed by atoms with Crippen molar-refractivity contribution < 1.29 is 56.8 Å². The lowest BCUT2D eigenvalue weighted by atomic mass is 9.93. The van der Waals surface area contributed by atoms with Crippen molar-refractivity contribution >= 4 is 59.8 Å². The molecule has 4 N–H and O–H groups in total. The number of halogens is 9. The van der Waals surface area contributed by atoms with Gasteiger partial charge in [0, 0.05) is 29.0 Å². The van der Waals surface area contributed by atoms with E-state index < -0.39 is 121 Å². The van der Waals surface area contributed by atoms with Crippen LogP contribution >= 0.6 is 11.6 Å². The molecular formula is C42H40ClF8N7O5S2. The number of amides is 1. The van der Waals surface area contributed by atoms with Gasteiger partial charge in [-0.3, -0.25) is 19.6 Å². The summed E-state index contributed by atoms with van der Waals surface area (Å²) in [7, 11) is -7.85. The molecule has 0 spiro atoms. The fourth-order valence-corrected chi connectivity index (χ4v) is 8.85. The van der Waals surface area contributed by atoms with Gasteiger partial charge in [-0.1, -0.05) is 29.7 Å². The van der Waals surface area contributed by atoms with E-state index in [0.29, 0.717) is 18.9 Å². The van der Waals surface area contributed by atoms with Gasteiger partial charge >= 0.3 is 0 Å². The highest BCUT2D eigenvalue weighted by atomic mass is 35.5. The molecule has 2 aliphatic rings. The molecule has 2 aromatic heterocycles. The zero-order chi connectivity index (χ0) is 48.0. The molecule has 0 saturated heterocycles.